The van der Waals surface area contributed by atoms with E-state index in [9.17, 15) is 0 Å². The van der Waals surface area contributed by atoms with Crippen molar-refractivity contribution in [3.8, 4) is 0 Å². The predicted octanol–water partition coefficient (Wildman–Crippen LogP) is 2.98. The molecule has 2 heterocycles. The summed E-state index contributed by atoms with van der Waals surface area (Å²) in [5, 5.41) is 3.35. The van der Waals surface area contributed by atoms with E-state index < -0.39 is 0 Å². The maximum atomic E-state index is 5.03. The van der Waals surface area contributed by atoms with Gasteiger partial charge in [0.25, 0.3) is 0 Å². The van der Waals surface area contributed by atoms with Gasteiger partial charge in [-0.3, -0.25) is 0 Å². The van der Waals surface area contributed by atoms with Gasteiger partial charge in [-0.15, -0.1) is 0 Å². The Morgan fingerprint density at radius 3 is 3.00 bits per heavy atom. The smallest absolute Gasteiger partial charge is 0.128 e. The number of nitrogens with one attached hydrogen (secondary N) is 1. The topological polar surface area (TPSA) is 37.4 Å². The van der Waals surface area contributed by atoms with E-state index in [4.69, 9.17) is 4.74 Å². The molecule has 0 amide bonds. The van der Waals surface area contributed by atoms with Gasteiger partial charge in [-0.2, -0.15) is 0 Å². The molecular weight excluding hydrogens is 262 g/mol. The molecule has 1 aromatic rings. The number of rotatable bonds is 8. The molecule has 2 rings (SSSR count). The first kappa shape index (κ1) is 16.2. The van der Waals surface area contributed by atoms with Crippen LogP contribution >= 0.6 is 0 Å². The van der Waals surface area contributed by atoms with Crippen molar-refractivity contribution < 1.29 is 4.74 Å². The van der Waals surface area contributed by atoms with Gasteiger partial charge in [0.15, 0.2) is 0 Å². The first-order chi connectivity index (χ1) is 10.3. The number of piperidine rings is 1. The Kier molecular flexibility index (Phi) is 6.96. The summed E-state index contributed by atoms with van der Waals surface area (Å²) in [7, 11) is 1.73. The monoisotopic (exact) mass is 291 g/mol. The number of hydrogen-bond acceptors (Lipinski definition) is 4. The van der Waals surface area contributed by atoms with Crippen LogP contribution in [0.2, 0.25) is 0 Å². The first-order valence-electron chi connectivity index (χ1n) is 8.26. The third-order valence-electron chi connectivity index (χ3n) is 4.16. The quantitative estimate of drug-likeness (QED) is 0.747. The second-order valence-electron chi connectivity index (χ2n) is 5.83. The molecule has 0 radical (unpaired) electrons. The van der Waals surface area contributed by atoms with Crippen LogP contribution in [-0.4, -0.2) is 37.8 Å². The third kappa shape index (κ3) is 4.97. The maximum Gasteiger partial charge on any atom is 0.128 e. The average Bonchev–Trinajstić information content (AvgIpc) is 2.53. The van der Waals surface area contributed by atoms with Crippen molar-refractivity contribution in [2.75, 3.05) is 31.7 Å². The van der Waals surface area contributed by atoms with Gasteiger partial charge in [0.1, 0.15) is 5.82 Å². The van der Waals surface area contributed by atoms with Crippen LogP contribution in [0, 0.1) is 0 Å². The number of methoxy groups -OCH3 is 1. The molecule has 118 valence electrons. The Hall–Kier alpha value is -1.13. The summed E-state index contributed by atoms with van der Waals surface area (Å²) in [6, 6.07) is 5.06. The maximum absolute atomic E-state index is 5.03. The highest BCUT2D eigenvalue weighted by atomic mass is 16.5. The van der Waals surface area contributed by atoms with Crippen LogP contribution in [0.4, 0.5) is 5.82 Å². The van der Waals surface area contributed by atoms with Gasteiger partial charge in [-0.25, -0.2) is 4.98 Å². The molecule has 1 N–H and O–H groups in total. The molecule has 1 aliphatic heterocycles. The fourth-order valence-electron chi connectivity index (χ4n) is 3.03. The number of anilines is 1. The van der Waals surface area contributed by atoms with Crippen molar-refractivity contribution in [3.05, 3.63) is 23.9 Å². The van der Waals surface area contributed by atoms with Crippen LogP contribution in [0.25, 0.3) is 0 Å². The number of nitrogens with zero attached hydrogens (tertiary/aromatic N) is 2. The van der Waals surface area contributed by atoms with Crippen molar-refractivity contribution in [3.63, 3.8) is 0 Å². The highest BCUT2D eigenvalue weighted by Crippen LogP contribution is 2.25. The van der Waals surface area contributed by atoms with E-state index in [0.29, 0.717) is 6.04 Å². The lowest BCUT2D eigenvalue weighted by molar-refractivity contribution is 0.199. The minimum absolute atomic E-state index is 0.682. The fraction of sp³-hybridized carbons (Fsp3) is 0.706. The standard InChI is InChI=1S/C17H29N3O/c1-3-6-16-7-4-5-11-20(16)17-9-8-15(14-19-17)13-18-10-12-21-2/h8-9,14,16,18H,3-7,10-13H2,1-2H3. The van der Waals surface area contributed by atoms with Crippen molar-refractivity contribution >= 4 is 5.82 Å². The summed E-state index contributed by atoms with van der Waals surface area (Å²) in [5.74, 6) is 1.15. The molecule has 1 aromatic heterocycles. The molecular formula is C17H29N3O. The Balaban J connectivity index is 1.90. The molecule has 1 atom stereocenters. The van der Waals surface area contributed by atoms with Gasteiger partial charge in [0.2, 0.25) is 0 Å². The van der Waals surface area contributed by atoms with E-state index in [2.05, 4.69) is 34.3 Å². The Labute approximate surface area is 128 Å². The minimum atomic E-state index is 0.682. The summed E-state index contributed by atoms with van der Waals surface area (Å²) >= 11 is 0. The van der Waals surface area contributed by atoms with E-state index in [-0.39, 0.29) is 0 Å². The first-order valence-corrected chi connectivity index (χ1v) is 8.26. The highest BCUT2D eigenvalue weighted by molar-refractivity contribution is 5.41. The van der Waals surface area contributed by atoms with Gasteiger partial charge >= 0.3 is 0 Å². The molecule has 0 saturated carbocycles. The van der Waals surface area contributed by atoms with Crippen LogP contribution in [-0.2, 0) is 11.3 Å². The van der Waals surface area contributed by atoms with Crippen LogP contribution in [0.5, 0.6) is 0 Å². The van der Waals surface area contributed by atoms with Crippen molar-refractivity contribution in [1.82, 2.24) is 10.3 Å². The average molecular weight is 291 g/mol. The molecule has 1 aliphatic rings. The summed E-state index contributed by atoms with van der Waals surface area (Å²) < 4.78 is 5.03. The van der Waals surface area contributed by atoms with Gasteiger partial charge in [-0.1, -0.05) is 19.4 Å². The molecule has 1 fully saturated rings. The molecule has 0 aliphatic carbocycles. The van der Waals surface area contributed by atoms with E-state index in [1.165, 1.54) is 37.7 Å². The molecule has 1 unspecified atom stereocenters. The van der Waals surface area contributed by atoms with Gasteiger partial charge < -0.3 is 15.0 Å². The Morgan fingerprint density at radius 2 is 2.29 bits per heavy atom. The molecule has 0 aromatic carbocycles. The normalized spacial score (nSPS) is 19.0. The number of ether oxygens (including phenoxy) is 1. The lowest BCUT2D eigenvalue weighted by Gasteiger charge is -2.36. The largest absolute Gasteiger partial charge is 0.383 e. The van der Waals surface area contributed by atoms with Crippen LogP contribution in [0.15, 0.2) is 18.3 Å². The second kappa shape index (κ2) is 9.00. The second-order valence-corrected chi connectivity index (χ2v) is 5.83. The molecule has 1 saturated heterocycles. The van der Waals surface area contributed by atoms with E-state index in [1.807, 2.05) is 6.20 Å². The van der Waals surface area contributed by atoms with Crippen LogP contribution in [0.1, 0.15) is 44.6 Å². The molecule has 0 bridgehead atoms. The Bertz CT molecular complexity index is 392. The molecule has 0 spiro atoms. The zero-order valence-electron chi connectivity index (χ0n) is 13.5. The van der Waals surface area contributed by atoms with E-state index in [0.717, 1.165) is 32.1 Å². The number of pyridine rings is 1. The summed E-state index contributed by atoms with van der Waals surface area (Å²) in [4.78, 5) is 7.20. The van der Waals surface area contributed by atoms with Crippen LogP contribution < -0.4 is 10.2 Å². The Morgan fingerprint density at radius 1 is 1.38 bits per heavy atom. The van der Waals surface area contributed by atoms with Crippen molar-refractivity contribution in [1.29, 1.82) is 0 Å². The molecule has 4 heteroatoms. The zero-order valence-corrected chi connectivity index (χ0v) is 13.5. The SMILES string of the molecule is CCCC1CCCCN1c1ccc(CNCCOC)cn1. The fourth-order valence-corrected chi connectivity index (χ4v) is 3.03. The highest BCUT2D eigenvalue weighted by Gasteiger charge is 2.22. The van der Waals surface area contributed by atoms with E-state index in [1.54, 1.807) is 7.11 Å². The number of hydrogen-bond donors (Lipinski definition) is 1. The summed E-state index contributed by atoms with van der Waals surface area (Å²) in [5.41, 5.74) is 1.24. The minimum Gasteiger partial charge on any atom is -0.383 e. The lowest BCUT2D eigenvalue weighted by atomic mass is 9.98. The zero-order chi connectivity index (χ0) is 14.9. The van der Waals surface area contributed by atoms with Gasteiger partial charge in [-0.05, 0) is 37.3 Å². The predicted molar refractivity (Wildman–Crippen MR) is 87.7 cm³/mol. The molecule has 21 heavy (non-hydrogen) atoms. The van der Waals surface area contributed by atoms with Gasteiger partial charge in [0, 0.05) is 39.0 Å². The lowest BCUT2D eigenvalue weighted by Crippen LogP contribution is -2.40. The van der Waals surface area contributed by atoms with E-state index >= 15 is 0 Å². The molecule has 4 nitrogen and oxygen atoms in total. The third-order valence-corrected chi connectivity index (χ3v) is 4.16. The van der Waals surface area contributed by atoms with Crippen LogP contribution in [0.3, 0.4) is 0 Å². The summed E-state index contributed by atoms with van der Waals surface area (Å²) in [6.07, 6.45) is 8.51. The van der Waals surface area contributed by atoms with Gasteiger partial charge in [0.05, 0.1) is 6.61 Å². The summed E-state index contributed by atoms with van der Waals surface area (Å²) in [6.45, 7) is 5.91. The van der Waals surface area contributed by atoms with Crippen molar-refractivity contribution in [2.24, 2.45) is 0 Å². The number of aromatic nitrogens is 1. The van der Waals surface area contributed by atoms with Crippen molar-refractivity contribution in [2.45, 2.75) is 51.6 Å².